The summed E-state index contributed by atoms with van der Waals surface area (Å²) in [6.45, 7) is 19.0. The van der Waals surface area contributed by atoms with Crippen LogP contribution in [0.25, 0.3) is 0 Å². The molecule has 2 N–H and O–H groups in total. The summed E-state index contributed by atoms with van der Waals surface area (Å²) in [6, 6.07) is 0.793. The first-order valence-electron chi connectivity index (χ1n) is 12.2. The molecule has 30 heavy (non-hydrogen) atoms. The van der Waals surface area contributed by atoms with Crippen molar-refractivity contribution >= 4 is 21.0 Å². The van der Waals surface area contributed by atoms with E-state index in [1.807, 2.05) is 0 Å². The maximum Gasteiger partial charge on any atom is 0.629 e. The zero-order valence-electron chi connectivity index (χ0n) is 21.0. The minimum atomic E-state index is -2.76. The van der Waals surface area contributed by atoms with Gasteiger partial charge in [-0.25, -0.2) is 0 Å². The molecule has 1 aromatic rings. The van der Waals surface area contributed by atoms with Crippen molar-refractivity contribution in [2.24, 2.45) is 5.40 Å². The molecule has 0 radical (unpaired) electrons. The van der Waals surface area contributed by atoms with Gasteiger partial charge in [-0.15, -0.1) is 0 Å². The Balaban J connectivity index is 3.43. The van der Waals surface area contributed by atoms with Gasteiger partial charge in [0.1, 0.15) is 0 Å². The first-order valence-corrected chi connectivity index (χ1v) is 14.4. The summed E-state index contributed by atoms with van der Waals surface area (Å²) >= 11 is 0. The van der Waals surface area contributed by atoms with E-state index in [-0.39, 0.29) is 0 Å². The lowest BCUT2D eigenvalue weighted by molar-refractivity contribution is 0.134. The Labute approximate surface area is 187 Å². The van der Waals surface area contributed by atoms with E-state index in [2.05, 4.69) is 55.4 Å². The lowest BCUT2D eigenvalue weighted by Crippen LogP contribution is -2.64. The van der Waals surface area contributed by atoms with Crippen molar-refractivity contribution in [1.82, 2.24) is 0 Å². The van der Waals surface area contributed by atoms with E-state index >= 15 is 0 Å². The standard InChI is InChI=1S/C24H46BNO3Si/c1-9-15-17-27-25(28-18-16-10-2)29-30(26,14-6)24-20(8)21(11-3)19(7)22(12-4)23(24)13-5/h9-18,26H2,1-8H3. The highest BCUT2D eigenvalue weighted by Gasteiger charge is 2.42. The monoisotopic (exact) mass is 435 g/mol. The van der Waals surface area contributed by atoms with Crippen LogP contribution >= 0.6 is 0 Å². The average molecular weight is 436 g/mol. The van der Waals surface area contributed by atoms with E-state index in [4.69, 9.17) is 19.1 Å². The zero-order valence-corrected chi connectivity index (χ0v) is 22.0. The molecule has 1 atom stereocenters. The summed E-state index contributed by atoms with van der Waals surface area (Å²) in [7, 11) is -3.44. The molecule has 0 aliphatic rings. The molecule has 0 saturated carbocycles. The fraction of sp³-hybridized carbons (Fsp3) is 0.750. The Bertz CT molecular complexity index is 646. The van der Waals surface area contributed by atoms with E-state index in [9.17, 15) is 0 Å². The summed E-state index contributed by atoms with van der Waals surface area (Å²) in [5, 5.41) is 8.43. The lowest BCUT2D eigenvalue weighted by Gasteiger charge is -2.34. The molecule has 0 fully saturated rings. The first-order chi connectivity index (χ1) is 14.3. The lowest BCUT2D eigenvalue weighted by atomic mass is 9.89. The van der Waals surface area contributed by atoms with E-state index in [0.29, 0.717) is 13.2 Å². The van der Waals surface area contributed by atoms with Crippen LogP contribution < -0.4 is 10.6 Å². The molecule has 0 heterocycles. The molecule has 0 aliphatic carbocycles. The highest BCUT2D eigenvalue weighted by Crippen LogP contribution is 2.26. The Morgan fingerprint density at radius 2 is 1.23 bits per heavy atom. The predicted molar refractivity (Wildman–Crippen MR) is 133 cm³/mol. The molecule has 1 aromatic carbocycles. The van der Waals surface area contributed by atoms with Crippen LogP contribution in [0.1, 0.15) is 95.0 Å². The smallest absolute Gasteiger partial charge is 0.412 e. The van der Waals surface area contributed by atoms with Crippen molar-refractivity contribution < 1.29 is 13.7 Å². The van der Waals surface area contributed by atoms with Crippen molar-refractivity contribution in [3.8, 4) is 0 Å². The summed E-state index contributed by atoms with van der Waals surface area (Å²) in [4.78, 5) is 0. The maximum atomic E-state index is 7.16. The topological polar surface area (TPSA) is 53.7 Å². The number of nitrogens with two attached hydrogens (primary N) is 1. The number of hydrogen-bond donors (Lipinski definition) is 1. The molecule has 172 valence electrons. The minimum Gasteiger partial charge on any atom is -0.412 e. The van der Waals surface area contributed by atoms with Crippen LogP contribution in [-0.2, 0) is 32.9 Å². The van der Waals surface area contributed by atoms with Crippen LogP contribution in [0.15, 0.2) is 0 Å². The third-order valence-electron chi connectivity index (χ3n) is 6.22. The van der Waals surface area contributed by atoms with E-state index in [1.54, 1.807) is 0 Å². The molecule has 0 aromatic heterocycles. The number of rotatable bonds is 15. The number of benzene rings is 1. The molecule has 1 rings (SSSR count). The van der Waals surface area contributed by atoms with Gasteiger partial charge in [-0.3, -0.25) is 0 Å². The highest BCUT2D eigenvalue weighted by atomic mass is 28.4. The van der Waals surface area contributed by atoms with Crippen molar-refractivity contribution in [3.63, 3.8) is 0 Å². The van der Waals surface area contributed by atoms with Crippen LogP contribution in [0, 0.1) is 13.8 Å². The van der Waals surface area contributed by atoms with Crippen LogP contribution in [0.5, 0.6) is 0 Å². The van der Waals surface area contributed by atoms with Crippen LogP contribution in [0.3, 0.4) is 0 Å². The molecular formula is C24H46BNO3Si. The van der Waals surface area contributed by atoms with Gasteiger partial charge in [-0.2, -0.15) is 0 Å². The largest absolute Gasteiger partial charge is 0.629 e. The van der Waals surface area contributed by atoms with Crippen molar-refractivity contribution in [1.29, 1.82) is 0 Å². The third kappa shape index (κ3) is 6.67. The van der Waals surface area contributed by atoms with Crippen molar-refractivity contribution in [2.45, 2.75) is 106 Å². The minimum absolute atomic E-state index is 0.634. The van der Waals surface area contributed by atoms with Gasteiger partial charge in [-0.05, 0) is 85.0 Å². The second-order valence-electron chi connectivity index (χ2n) is 8.22. The average Bonchev–Trinajstić information content (AvgIpc) is 2.73. The Morgan fingerprint density at radius 3 is 1.63 bits per heavy atom. The van der Waals surface area contributed by atoms with Gasteiger partial charge in [0.2, 0.25) is 0 Å². The van der Waals surface area contributed by atoms with Gasteiger partial charge in [0.25, 0.3) is 8.48 Å². The van der Waals surface area contributed by atoms with Gasteiger partial charge >= 0.3 is 7.32 Å². The first kappa shape index (κ1) is 27.4. The normalized spacial score (nSPS) is 13.5. The highest BCUT2D eigenvalue weighted by molar-refractivity contribution is 6.87. The Kier molecular flexibility index (Phi) is 12.5. The summed E-state index contributed by atoms with van der Waals surface area (Å²) in [5.74, 6) is 0. The number of hydrogen-bond acceptors (Lipinski definition) is 4. The Morgan fingerprint density at radius 1 is 0.733 bits per heavy atom. The second-order valence-corrected chi connectivity index (χ2v) is 11.4. The molecule has 4 nitrogen and oxygen atoms in total. The Hall–Kier alpha value is -0.658. The molecule has 6 heteroatoms. The van der Waals surface area contributed by atoms with Gasteiger partial charge in [-0.1, -0.05) is 54.4 Å². The molecule has 0 aliphatic heterocycles. The second kappa shape index (κ2) is 13.7. The molecule has 0 amide bonds. The fourth-order valence-electron chi connectivity index (χ4n) is 4.44. The van der Waals surface area contributed by atoms with Crippen LogP contribution in [0.2, 0.25) is 6.04 Å². The fourth-order valence-corrected chi connectivity index (χ4v) is 7.19. The van der Waals surface area contributed by atoms with E-state index < -0.39 is 15.8 Å². The predicted octanol–water partition coefficient (Wildman–Crippen LogP) is 5.25. The maximum absolute atomic E-state index is 7.16. The quantitative estimate of drug-likeness (QED) is 0.302. The van der Waals surface area contributed by atoms with Crippen molar-refractivity contribution in [2.75, 3.05) is 13.2 Å². The van der Waals surface area contributed by atoms with Crippen molar-refractivity contribution in [3.05, 3.63) is 27.8 Å². The molecule has 0 saturated heterocycles. The third-order valence-corrected chi connectivity index (χ3v) is 9.40. The summed E-state index contributed by atoms with van der Waals surface area (Å²) in [6.07, 6.45) is 7.15. The molecular weight excluding hydrogens is 389 g/mol. The molecule has 0 spiro atoms. The van der Waals surface area contributed by atoms with E-state index in [1.165, 1.54) is 33.0 Å². The zero-order chi connectivity index (χ0) is 22.7. The van der Waals surface area contributed by atoms with Gasteiger partial charge < -0.3 is 19.1 Å². The summed E-state index contributed by atoms with van der Waals surface area (Å²) < 4.78 is 18.6. The van der Waals surface area contributed by atoms with Gasteiger partial charge in [0.15, 0.2) is 0 Å². The SMILES string of the molecule is CCCCOB(OCCCC)O[Si](N)(CC)c1c(C)c(CC)c(C)c(CC)c1CC. The van der Waals surface area contributed by atoms with Crippen LogP contribution in [-0.4, -0.2) is 29.0 Å². The molecule has 0 bridgehead atoms. The van der Waals surface area contributed by atoms with Crippen LogP contribution in [0.4, 0.5) is 0 Å². The van der Waals surface area contributed by atoms with Gasteiger partial charge in [0, 0.05) is 13.2 Å². The van der Waals surface area contributed by atoms with Gasteiger partial charge in [0.05, 0.1) is 0 Å². The van der Waals surface area contributed by atoms with E-state index in [0.717, 1.165) is 51.0 Å². The summed E-state index contributed by atoms with van der Waals surface area (Å²) in [5.41, 5.74) is 7.02. The molecule has 1 unspecified atom stereocenters. The number of unbranched alkanes of at least 4 members (excludes halogenated alkanes) is 2.